The standard InChI is InChI=1S/C12H17N3O6S/c1-5(16)9-7-2-6(4-22(20,21)8(14)3-13)10(12(18)19)15(7)11(9)17/h3,5,7-9,13,16H,2,4,14H2,1H3,(H,18,19). The molecule has 0 spiro atoms. The average Bonchev–Trinajstić information content (AvgIpc) is 2.71. The van der Waals surface area contributed by atoms with Gasteiger partial charge in [-0.05, 0) is 18.9 Å². The molecule has 4 unspecified atom stereocenters. The Labute approximate surface area is 126 Å². The summed E-state index contributed by atoms with van der Waals surface area (Å²) in [6.45, 7) is 1.43. The van der Waals surface area contributed by atoms with E-state index in [0.29, 0.717) is 6.21 Å². The van der Waals surface area contributed by atoms with Gasteiger partial charge in [-0.2, -0.15) is 0 Å². The topological polar surface area (TPSA) is 162 Å². The Bertz CT molecular complexity index is 668. The quantitative estimate of drug-likeness (QED) is 0.332. The fourth-order valence-corrected chi connectivity index (χ4v) is 4.07. The Morgan fingerprint density at radius 3 is 2.64 bits per heavy atom. The average molecular weight is 331 g/mol. The molecule has 5 N–H and O–H groups in total. The number of carbonyl (C=O) groups is 2. The van der Waals surface area contributed by atoms with Crippen LogP contribution in [-0.4, -0.2) is 64.9 Å². The second-order valence-electron chi connectivity index (χ2n) is 5.44. The second kappa shape index (κ2) is 5.45. The van der Waals surface area contributed by atoms with Crippen LogP contribution in [-0.2, 0) is 19.4 Å². The first-order chi connectivity index (χ1) is 10.1. The lowest BCUT2D eigenvalue weighted by atomic mass is 9.83. The maximum Gasteiger partial charge on any atom is 0.352 e. The molecule has 2 aliphatic heterocycles. The molecule has 1 fully saturated rings. The number of fused-ring (bicyclic) bond motifs is 1. The number of β-lactam (4-membered cyclic amide) rings is 1. The third-order valence-corrected chi connectivity index (χ3v) is 5.69. The highest BCUT2D eigenvalue weighted by molar-refractivity contribution is 7.92. The van der Waals surface area contributed by atoms with Gasteiger partial charge in [0.15, 0.2) is 9.84 Å². The predicted molar refractivity (Wildman–Crippen MR) is 75.6 cm³/mol. The number of carboxylic acids is 1. The molecule has 1 saturated heterocycles. The molecule has 9 nitrogen and oxygen atoms in total. The molecular weight excluding hydrogens is 314 g/mol. The highest BCUT2D eigenvalue weighted by Crippen LogP contribution is 2.44. The largest absolute Gasteiger partial charge is 0.477 e. The van der Waals surface area contributed by atoms with E-state index in [-0.39, 0.29) is 17.7 Å². The third-order valence-electron chi connectivity index (χ3n) is 3.98. The van der Waals surface area contributed by atoms with Crippen LogP contribution in [0.1, 0.15) is 13.3 Å². The molecule has 0 aromatic carbocycles. The Morgan fingerprint density at radius 2 is 2.18 bits per heavy atom. The Balaban J connectivity index is 2.34. The van der Waals surface area contributed by atoms with Gasteiger partial charge in [0.05, 0.1) is 23.8 Å². The van der Waals surface area contributed by atoms with E-state index in [2.05, 4.69) is 0 Å². The smallest absolute Gasteiger partial charge is 0.352 e. The second-order valence-corrected chi connectivity index (χ2v) is 7.60. The number of hydrogen-bond donors (Lipinski definition) is 4. The van der Waals surface area contributed by atoms with Crippen LogP contribution in [0.15, 0.2) is 11.3 Å². The molecule has 0 radical (unpaired) electrons. The molecule has 0 aromatic rings. The van der Waals surface area contributed by atoms with Gasteiger partial charge in [-0.3, -0.25) is 4.79 Å². The van der Waals surface area contributed by atoms with Crippen molar-refractivity contribution < 1.29 is 28.2 Å². The van der Waals surface area contributed by atoms with E-state index in [0.717, 1.165) is 4.90 Å². The maximum atomic E-state index is 12.0. The molecule has 2 heterocycles. The van der Waals surface area contributed by atoms with E-state index in [9.17, 15) is 28.2 Å². The Morgan fingerprint density at radius 1 is 1.59 bits per heavy atom. The number of amides is 1. The number of nitrogens with zero attached hydrogens (tertiary/aromatic N) is 1. The van der Waals surface area contributed by atoms with Gasteiger partial charge in [-0.1, -0.05) is 0 Å². The minimum atomic E-state index is -3.92. The van der Waals surface area contributed by atoms with Crippen molar-refractivity contribution in [2.45, 2.75) is 30.9 Å². The van der Waals surface area contributed by atoms with Crippen molar-refractivity contribution in [1.82, 2.24) is 4.90 Å². The van der Waals surface area contributed by atoms with E-state index in [1.807, 2.05) is 0 Å². The van der Waals surface area contributed by atoms with Crippen LogP contribution in [0.4, 0.5) is 0 Å². The van der Waals surface area contributed by atoms with E-state index >= 15 is 0 Å². The zero-order valence-electron chi connectivity index (χ0n) is 11.8. The van der Waals surface area contributed by atoms with Crippen LogP contribution >= 0.6 is 0 Å². The molecule has 22 heavy (non-hydrogen) atoms. The Hall–Kier alpha value is -1.78. The van der Waals surface area contributed by atoms with Gasteiger partial charge in [0.2, 0.25) is 5.91 Å². The van der Waals surface area contributed by atoms with Crippen molar-refractivity contribution in [2.24, 2.45) is 11.7 Å². The van der Waals surface area contributed by atoms with E-state index in [1.54, 1.807) is 0 Å². The van der Waals surface area contributed by atoms with Gasteiger partial charge in [0, 0.05) is 6.21 Å². The van der Waals surface area contributed by atoms with Crippen molar-refractivity contribution in [3.8, 4) is 0 Å². The highest BCUT2D eigenvalue weighted by Gasteiger charge is 2.56. The van der Waals surface area contributed by atoms with E-state index in [1.165, 1.54) is 6.92 Å². The van der Waals surface area contributed by atoms with Gasteiger partial charge >= 0.3 is 5.97 Å². The zero-order valence-corrected chi connectivity index (χ0v) is 12.6. The number of carboxylic acid groups (broad SMARTS) is 1. The fraction of sp³-hybridized carbons (Fsp3) is 0.583. The first-order valence-corrected chi connectivity index (χ1v) is 8.27. The number of hydrogen-bond acceptors (Lipinski definition) is 7. The number of carbonyl (C=O) groups excluding carboxylic acids is 1. The number of aliphatic hydroxyl groups excluding tert-OH is 1. The van der Waals surface area contributed by atoms with Crippen molar-refractivity contribution in [3.63, 3.8) is 0 Å². The highest BCUT2D eigenvalue weighted by atomic mass is 32.2. The number of nitrogens with one attached hydrogen (secondary N) is 1. The molecule has 10 heteroatoms. The van der Waals surface area contributed by atoms with Crippen LogP contribution in [0.5, 0.6) is 0 Å². The Kier molecular flexibility index (Phi) is 4.11. The van der Waals surface area contributed by atoms with Crippen molar-refractivity contribution >= 4 is 27.9 Å². The van der Waals surface area contributed by atoms with Crippen molar-refractivity contribution in [2.75, 3.05) is 5.75 Å². The fourth-order valence-electron chi connectivity index (χ4n) is 2.93. The summed E-state index contributed by atoms with van der Waals surface area (Å²) in [5.41, 5.74) is 5.04. The molecule has 122 valence electrons. The summed E-state index contributed by atoms with van der Waals surface area (Å²) in [5, 5.41) is 24.2. The number of rotatable bonds is 6. The normalized spacial score (nSPS) is 27.2. The monoisotopic (exact) mass is 331 g/mol. The van der Waals surface area contributed by atoms with E-state index in [4.69, 9.17) is 11.1 Å². The minimum absolute atomic E-state index is 0.0624. The molecule has 0 saturated carbocycles. The summed E-state index contributed by atoms with van der Waals surface area (Å²) in [4.78, 5) is 24.4. The zero-order chi connectivity index (χ0) is 16.8. The summed E-state index contributed by atoms with van der Waals surface area (Å²) in [5.74, 6) is -3.28. The lowest BCUT2D eigenvalue weighted by molar-refractivity contribution is -0.161. The maximum absolute atomic E-state index is 12.0. The summed E-state index contributed by atoms with van der Waals surface area (Å²) in [6, 6.07) is -0.542. The van der Waals surface area contributed by atoms with Crippen LogP contribution in [0, 0.1) is 11.3 Å². The molecule has 1 amide bonds. The van der Waals surface area contributed by atoms with Gasteiger partial charge in [-0.25, -0.2) is 13.2 Å². The number of nitrogens with two attached hydrogens (primary N) is 1. The van der Waals surface area contributed by atoms with Crippen molar-refractivity contribution in [3.05, 3.63) is 11.3 Å². The summed E-state index contributed by atoms with van der Waals surface area (Å²) >= 11 is 0. The van der Waals surface area contributed by atoms with Gasteiger partial charge < -0.3 is 26.3 Å². The van der Waals surface area contributed by atoms with Gasteiger partial charge in [0.1, 0.15) is 11.1 Å². The molecule has 0 aromatic heterocycles. The van der Waals surface area contributed by atoms with Crippen LogP contribution < -0.4 is 5.73 Å². The first kappa shape index (κ1) is 16.6. The number of sulfone groups is 1. The number of aliphatic hydroxyl groups is 1. The molecule has 0 bridgehead atoms. The van der Waals surface area contributed by atoms with E-state index < -0.39 is 50.9 Å². The molecular formula is C12H17N3O6S. The lowest BCUT2D eigenvalue weighted by Gasteiger charge is -2.44. The predicted octanol–water partition coefficient (Wildman–Crippen LogP) is -1.71. The summed E-state index contributed by atoms with van der Waals surface area (Å²) in [7, 11) is -3.92. The molecule has 0 aliphatic carbocycles. The molecule has 4 atom stereocenters. The first-order valence-electron chi connectivity index (χ1n) is 6.56. The summed E-state index contributed by atoms with van der Waals surface area (Å²) in [6.07, 6.45) is -0.319. The SMILES string of the molecule is CC(O)C1C(=O)N2C(C(=O)O)=C(CS(=O)(=O)C(N)C=N)CC12. The number of aliphatic carboxylic acids is 1. The molecule has 2 rings (SSSR count). The molecule has 2 aliphatic rings. The summed E-state index contributed by atoms with van der Waals surface area (Å²) < 4.78 is 23.9. The van der Waals surface area contributed by atoms with Crippen LogP contribution in [0.2, 0.25) is 0 Å². The van der Waals surface area contributed by atoms with Gasteiger partial charge in [0.25, 0.3) is 0 Å². The van der Waals surface area contributed by atoms with Crippen LogP contribution in [0.3, 0.4) is 0 Å². The van der Waals surface area contributed by atoms with Crippen LogP contribution in [0.25, 0.3) is 0 Å². The van der Waals surface area contributed by atoms with Gasteiger partial charge in [-0.15, -0.1) is 0 Å². The van der Waals surface area contributed by atoms with Crippen molar-refractivity contribution in [1.29, 1.82) is 5.41 Å². The minimum Gasteiger partial charge on any atom is -0.477 e. The lowest BCUT2D eigenvalue weighted by Crippen LogP contribution is -2.61. The third kappa shape index (κ3) is 2.42.